The summed E-state index contributed by atoms with van der Waals surface area (Å²) in [5, 5.41) is 3.49. The second-order valence-electron chi connectivity index (χ2n) is 17.0. The molecule has 0 spiro atoms. The van der Waals surface area contributed by atoms with E-state index in [0.717, 1.165) is 48.5 Å². The van der Waals surface area contributed by atoms with Crippen LogP contribution in [0.2, 0.25) is 0 Å². The number of halogens is 1. The van der Waals surface area contributed by atoms with Gasteiger partial charge in [0.15, 0.2) is 28.4 Å². The first-order valence-electron chi connectivity index (χ1n) is 24.3. The third-order valence-corrected chi connectivity index (χ3v) is 11.2. The van der Waals surface area contributed by atoms with Crippen molar-refractivity contribution in [1.29, 1.82) is 0 Å². The Labute approximate surface area is 441 Å². The van der Waals surface area contributed by atoms with Gasteiger partial charge < -0.3 is 64.6 Å². The van der Waals surface area contributed by atoms with Gasteiger partial charge in [-0.15, -0.1) is 0 Å². The molecule has 2 fully saturated rings. The fraction of sp³-hybridized carbons (Fsp3) is 0.500. The van der Waals surface area contributed by atoms with E-state index >= 15 is 0 Å². The fourth-order valence-corrected chi connectivity index (χ4v) is 7.41. The van der Waals surface area contributed by atoms with Crippen LogP contribution >= 0.6 is 11.6 Å². The maximum absolute atomic E-state index is 12.5. The number of aromatic nitrogens is 8. The van der Waals surface area contributed by atoms with E-state index in [1.807, 2.05) is 36.4 Å². The lowest BCUT2D eigenvalue weighted by molar-refractivity contribution is 0.0993. The number of ether oxygens (including phenoxy) is 8. The van der Waals surface area contributed by atoms with Crippen LogP contribution < -0.4 is 36.7 Å². The highest BCUT2D eigenvalue weighted by Crippen LogP contribution is 2.31. The number of aromatic amines is 1. The van der Waals surface area contributed by atoms with E-state index in [4.69, 9.17) is 56.2 Å². The van der Waals surface area contributed by atoms with E-state index in [0.29, 0.717) is 75.4 Å². The minimum absolute atomic E-state index is 0. The normalized spacial score (nSPS) is 12.6. The van der Waals surface area contributed by atoms with Crippen molar-refractivity contribution in [3.8, 4) is 18.0 Å². The highest BCUT2D eigenvalue weighted by molar-refractivity contribution is 6.61. The first-order valence-corrected chi connectivity index (χ1v) is 24.7. The molecular formula is C50H71ClN12O12. The van der Waals surface area contributed by atoms with E-state index in [2.05, 4.69) is 52.1 Å². The van der Waals surface area contributed by atoms with Crippen LogP contribution in [0, 0.1) is 11.8 Å². The van der Waals surface area contributed by atoms with Crippen molar-refractivity contribution in [2.45, 2.75) is 80.1 Å². The van der Waals surface area contributed by atoms with Gasteiger partial charge in [-0.25, -0.2) is 19.2 Å². The van der Waals surface area contributed by atoms with Crippen LogP contribution in [0.15, 0.2) is 53.3 Å². The highest BCUT2D eigenvalue weighted by atomic mass is 35.5. The maximum Gasteiger partial charge on any atom is 0.516 e. The molecule has 2 aliphatic rings. The number of anilines is 2. The maximum atomic E-state index is 12.5. The van der Waals surface area contributed by atoms with Crippen molar-refractivity contribution in [2.24, 2.45) is 11.8 Å². The molecule has 410 valence electrons. The Morgan fingerprint density at radius 1 is 0.747 bits per heavy atom. The standard InChI is InChI=1S/C26H34N6O7.C20H26N6O3.C3H5ClO2.CH4.H2/c1-4-36-25(33)31(14-17-9-10-17)15-18-7-6-8-19(13-18)16-32-22-20(28-24(32)39-26(34)37-5-2)21(27)29-23(30-22)38-12-11-35-3;1-28-7-8-29-19-24-17(21)16-18(25-19)26(20(27)23-16)12-15-4-2-3-14(9-15)11-22-10-13-5-6-13;1-2-6-3(4)5;;/h6-8,13,17H,4-5,9-12,14-16H2,1-3H3,(H2,27,29,30);2-4,9,13,22H,5-8,10-12H2,1H3,(H,23,27)(H2,21,24,25);2H2,1H3;1H4;1H/i;;;;1+1. The lowest BCUT2D eigenvalue weighted by Gasteiger charge is -2.22. The number of imidazole rings is 2. The van der Waals surface area contributed by atoms with Crippen LogP contribution in [0.4, 0.5) is 26.0 Å². The Morgan fingerprint density at radius 2 is 1.32 bits per heavy atom. The topological polar surface area (TPSA) is 300 Å². The molecule has 0 saturated heterocycles. The van der Waals surface area contributed by atoms with Gasteiger partial charge in [0.2, 0.25) is 0 Å². The summed E-state index contributed by atoms with van der Waals surface area (Å²) in [5.41, 5.74) is 16.5. The zero-order valence-electron chi connectivity index (χ0n) is 42.3. The second-order valence-corrected chi connectivity index (χ2v) is 17.3. The predicted molar refractivity (Wildman–Crippen MR) is 282 cm³/mol. The van der Waals surface area contributed by atoms with Crippen molar-refractivity contribution in [1.82, 2.24) is 49.3 Å². The highest BCUT2D eigenvalue weighted by Gasteiger charge is 2.28. The van der Waals surface area contributed by atoms with Gasteiger partial charge in [0.1, 0.15) is 18.7 Å². The average Bonchev–Trinajstić information content (AvgIpc) is 4.31. The summed E-state index contributed by atoms with van der Waals surface area (Å²) >= 11 is 4.72. The van der Waals surface area contributed by atoms with Gasteiger partial charge in [-0.2, -0.15) is 24.9 Å². The van der Waals surface area contributed by atoms with E-state index < -0.39 is 11.6 Å². The van der Waals surface area contributed by atoms with Gasteiger partial charge in [-0.3, -0.25) is 9.13 Å². The minimum atomic E-state index is -0.906. The number of nitrogens with one attached hydrogen (secondary N) is 2. The van der Waals surface area contributed by atoms with E-state index in [1.165, 1.54) is 18.4 Å². The second kappa shape index (κ2) is 29.6. The van der Waals surface area contributed by atoms with Crippen LogP contribution in [-0.4, -0.2) is 135 Å². The zero-order valence-corrected chi connectivity index (χ0v) is 43.1. The van der Waals surface area contributed by atoms with Crippen LogP contribution in [0.5, 0.6) is 18.0 Å². The number of carbonyl (C=O) groups excluding carboxylic acids is 3. The number of methoxy groups -OCH3 is 2. The molecule has 2 aliphatic carbocycles. The number of fused-ring (bicyclic) bond motifs is 2. The van der Waals surface area contributed by atoms with Crippen LogP contribution in [0.1, 0.15) is 77.6 Å². The largest absolute Gasteiger partial charge is 0.516 e. The molecule has 6 N–H and O–H groups in total. The number of carbonyl (C=O) groups is 3. The lowest BCUT2D eigenvalue weighted by Crippen LogP contribution is -2.33. The number of nitrogens with zero attached hydrogens (tertiary/aromatic N) is 8. The van der Waals surface area contributed by atoms with Gasteiger partial charge in [0.05, 0.1) is 46.1 Å². The number of benzene rings is 2. The molecule has 1 amide bonds. The van der Waals surface area contributed by atoms with Gasteiger partial charge in [-0.1, -0.05) is 56.0 Å². The molecule has 6 aromatic rings. The number of nitrogens with two attached hydrogens (primary N) is 2. The number of hydrogen-bond acceptors (Lipinski definition) is 20. The summed E-state index contributed by atoms with van der Waals surface area (Å²) in [6.45, 7) is 10.8. The molecule has 0 atom stereocenters. The number of amides is 1. The van der Waals surface area contributed by atoms with Crippen molar-refractivity contribution >= 4 is 63.2 Å². The van der Waals surface area contributed by atoms with Crippen molar-refractivity contribution in [3.05, 3.63) is 81.3 Å². The SMILES string of the molecule is C.CCOC(=O)Cl.CCOC(=O)Oc1nc2c(N)nc(OCCOC)nc2n1Cc1cccc(CN(CC2CC2)C(=O)OCC)c1.COCCOc1nc(N)c2[nH]c(=O)n(Cc3cccc(CNCC4CC4)c3)c2n1.[2HH]. The summed E-state index contributed by atoms with van der Waals surface area (Å²) in [4.78, 5) is 72.7. The molecular weight excluding hydrogens is 996 g/mol. The number of nitrogen functional groups attached to an aromatic ring is 2. The molecule has 75 heavy (non-hydrogen) atoms. The summed E-state index contributed by atoms with van der Waals surface area (Å²) in [5.74, 6) is 1.60. The Hall–Kier alpha value is -7.28. The number of rotatable bonds is 24. The molecule has 0 radical (unpaired) electrons. The van der Waals surface area contributed by atoms with Gasteiger partial charge in [-0.05, 0) is 87.1 Å². The third kappa shape index (κ3) is 18.3. The smallest absolute Gasteiger partial charge is 0.461 e. The first-order chi connectivity index (χ1) is 35.8. The summed E-state index contributed by atoms with van der Waals surface area (Å²) in [7, 11) is 3.14. The zero-order chi connectivity index (χ0) is 53.0. The summed E-state index contributed by atoms with van der Waals surface area (Å²) in [6.07, 6.45) is 3.67. The number of hydrogen-bond donors (Lipinski definition) is 4. The van der Waals surface area contributed by atoms with Gasteiger partial charge >= 0.3 is 41.4 Å². The average molecular weight is 1070 g/mol. The Bertz CT molecular complexity index is 2860. The van der Waals surface area contributed by atoms with Crippen LogP contribution in [0.25, 0.3) is 22.3 Å². The Morgan fingerprint density at radius 3 is 1.91 bits per heavy atom. The molecule has 0 aliphatic heterocycles. The Balaban J connectivity index is 0.000000298. The van der Waals surface area contributed by atoms with E-state index in [9.17, 15) is 19.2 Å². The van der Waals surface area contributed by atoms with E-state index in [1.54, 1.807) is 49.0 Å². The Kier molecular flexibility index (Phi) is 23.1. The van der Waals surface area contributed by atoms with Crippen LogP contribution in [0.3, 0.4) is 0 Å². The fourth-order valence-electron chi connectivity index (χ4n) is 7.30. The molecule has 4 aromatic heterocycles. The molecule has 0 unspecified atom stereocenters. The van der Waals surface area contributed by atoms with Crippen molar-refractivity contribution in [2.75, 3.05) is 85.0 Å². The monoisotopic (exact) mass is 1070 g/mol. The third-order valence-electron chi connectivity index (χ3n) is 11.1. The number of H-pyrrole nitrogens is 1. The molecule has 4 heterocycles. The molecule has 8 rings (SSSR count). The lowest BCUT2D eigenvalue weighted by atomic mass is 10.1. The molecule has 2 aromatic carbocycles. The van der Waals surface area contributed by atoms with Gasteiger partial charge in [0.25, 0.3) is 0 Å². The molecule has 25 heteroatoms. The quantitative estimate of drug-likeness (QED) is 0.0207. The van der Waals surface area contributed by atoms with Crippen LogP contribution in [-0.2, 0) is 49.9 Å². The molecule has 0 bridgehead atoms. The van der Waals surface area contributed by atoms with Crippen molar-refractivity contribution < 1.29 is 53.7 Å². The molecule has 2 saturated carbocycles. The summed E-state index contributed by atoms with van der Waals surface area (Å²) in [6, 6.07) is 16.0. The van der Waals surface area contributed by atoms with E-state index in [-0.39, 0.29) is 75.6 Å². The summed E-state index contributed by atoms with van der Waals surface area (Å²) < 4.78 is 43.9. The minimum Gasteiger partial charge on any atom is -0.461 e. The molecule has 24 nitrogen and oxygen atoms in total. The van der Waals surface area contributed by atoms with Crippen molar-refractivity contribution in [3.63, 3.8) is 0 Å². The predicted octanol–water partition coefficient (Wildman–Crippen LogP) is 6.92. The van der Waals surface area contributed by atoms with Gasteiger partial charge in [0, 0.05) is 46.9 Å². The first kappa shape index (κ1) is 58.6.